The first-order chi connectivity index (χ1) is 9.86. The normalized spacial score (nSPS) is 11.0. The summed E-state index contributed by atoms with van der Waals surface area (Å²) in [6, 6.07) is 6.64. The molecule has 0 bridgehead atoms. The van der Waals surface area contributed by atoms with Crippen molar-refractivity contribution in [1.29, 1.82) is 0 Å². The van der Waals surface area contributed by atoms with E-state index in [0.29, 0.717) is 24.5 Å². The maximum Gasteiger partial charge on any atom is 0.310 e. The summed E-state index contributed by atoms with van der Waals surface area (Å²) in [6.07, 6.45) is 0. The second-order valence-electron chi connectivity index (χ2n) is 5.24. The van der Waals surface area contributed by atoms with Gasteiger partial charge in [0.15, 0.2) is 0 Å². The van der Waals surface area contributed by atoms with Crippen LogP contribution in [0.15, 0.2) is 24.3 Å². The zero-order valence-electron chi connectivity index (χ0n) is 12.5. The van der Waals surface area contributed by atoms with Gasteiger partial charge in [0.05, 0.1) is 12.0 Å². The summed E-state index contributed by atoms with van der Waals surface area (Å²) in [5, 5.41) is 11.6. The van der Waals surface area contributed by atoms with E-state index < -0.39 is 11.4 Å². The maximum absolute atomic E-state index is 11.9. The second-order valence-corrected chi connectivity index (χ2v) is 5.24. The first-order valence-electron chi connectivity index (χ1n) is 6.60. The Labute approximate surface area is 124 Å². The predicted molar refractivity (Wildman–Crippen MR) is 77.6 cm³/mol. The largest absolute Gasteiger partial charge is 0.491 e. The van der Waals surface area contributed by atoms with Crippen LogP contribution in [0.5, 0.6) is 5.75 Å². The summed E-state index contributed by atoms with van der Waals surface area (Å²) in [7, 11) is 1.59. The van der Waals surface area contributed by atoms with Crippen LogP contribution in [0, 0.1) is 5.41 Å². The number of methoxy groups -OCH3 is 1. The van der Waals surface area contributed by atoms with Crippen LogP contribution in [0.2, 0.25) is 0 Å². The van der Waals surface area contributed by atoms with Crippen LogP contribution < -0.4 is 10.1 Å². The fourth-order valence-electron chi connectivity index (χ4n) is 1.42. The molecule has 1 aromatic carbocycles. The average molecular weight is 295 g/mol. The number of aliphatic carboxylic acids is 1. The number of rotatable bonds is 8. The third-order valence-electron chi connectivity index (χ3n) is 2.94. The van der Waals surface area contributed by atoms with E-state index in [1.165, 1.54) is 0 Å². The molecule has 0 spiro atoms. The van der Waals surface area contributed by atoms with Crippen molar-refractivity contribution in [3.8, 4) is 5.75 Å². The molecule has 2 N–H and O–H groups in total. The van der Waals surface area contributed by atoms with Gasteiger partial charge in [-0.3, -0.25) is 9.59 Å². The number of carbonyl (C=O) groups excluding carboxylic acids is 1. The summed E-state index contributed by atoms with van der Waals surface area (Å²) in [6.45, 7) is 4.11. The fraction of sp³-hybridized carbons (Fsp3) is 0.467. The molecule has 0 atom stereocenters. The molecule has 1 amide bonds. The highest BCUT2D eigenvalue weighted by Crippen LogP contribution is 2.15. The van der Waals surface area contributed by atoms with Gasteiger partial charge in [0.1, 0.15) is 12.4 Å². The molecule has 1 rings (SSSR count). The van der Waals surface area contributed by atoms with E-state index in [1.54, 1.807) is 45.2 Å². The van der Waals surface area contributed by atoms with Crippen LogP contribution in [0.4, 0.5) is 0 Å². The van der Waals surface area contributed by atoms with Crippen LogP contribution in [0.3, 0.4) is 0 Å². The van der Waals surface area contributed by atoms with Gasteiger partial charge in [0, 0.05) is 19.2 Å². The highest BCUT2D eigenvalue weighted by molar-refractivity contribution is 5.94. The standard InChI is InChI=1S/C15H21NO5/c1-15(2,14(18)19)10-16-13(17)11-4-6-12(7-5-11)21-9-8-20-3/h4-7H,8-10H2,1-3H3,(H,16,17)(H,18,19). The Balaban J connectivity index is 2.53. The Morgan fingerprint density at radius 1 is 1.19 bits per heavy atom. The minimum absolute atomic E-state index is 0.0628. The van der Waals surface area contributed by atoms with Crippen LogP contribution in [-0.4, -0.2) is 43.9 Å². The van der Waals surface area contributed by atoms with Crippen molar-refractivity contribution in [3.05, 3.63) is 29.8 Å². The molecule has 0 fully saturated rings. The Hall–Kier alpha value is -2.08. The van der Waals surface area contributed by atoms with E-state index in [1.807, 2.05) is 0 Å². The Bertz CT molecular complexity index is 481. The zero-order chi connectivity index (χ0) is 15.9. The van der Waals surface area contributed by atoms with Crippen molar-refractivity contribution in [3.63, 3.8) is 0 Å². The molecule has 0 heterocycles. The molecule has 0 unspecified atom stereocenters. The monoisotopic (exact) mass is 295 g/mol. The topological polar surface area (TPSA) is 84.9 Å². The van der Waals surface area contributed by atoms with Crippen molar-refractivity contribution in [2.45, 2.75) is 13.8 Å². The van der Waals surface area contributed by atoms with E-state index in [0.717, 1.165) is 0 Å². The highest BCUT2D eigenvalue weighted by Gasteiger charge is 2.27. The van der Waals surface area contributed by atoms with Crippen LogP contribution in [-0.2, 0) is 9.53 Å². The number of ether oxygens (including phenoxy) is 2. The van der Waals surface area contributed by atoms with E-state index in [9.17, 15) is 9.59 Å². The number of carbonyl (C=O) groups is 2. The van der Waals surface area contributed by atoms with E-state index in [2.05, 4.69) is 5.32 Å². The Morgan fingerprint density at radius 3 is 2.33 bits per heavy atom. The third-order valence-corrected chi connectivity index (χ3v) is 2.94. The summed E-state index contributed by atoms with van der Waals surface area (Å²) < 4.78 is 10.3. The van der Waals surface area contributed by atoms with Gasteiger partial charge in [-0.1, -0.05) is 0 Å². The van der Waals surface area contributed by atoms with Gasteiger partial charge in [0.2, 0.25) is 0 Å². The SMILES string of the molecule is COCCOc1ccc(C(=O)NCC(C)(C)C(=O)O)cc1. The summed E-state index contributed by atoms with van der Waals surface area (Å²) in [4.78, 5) is 22.9. The molecule has 0 saturated carbocycles. The minimum Gasteiger partial charge on any atom is -0.491 e. The molecule has 0 saturated heterocycles. The average Bonchev–Trinajstić information content (AvgIpc) is 2.45. The van der Waals surface area contributed by atoms with Gasteiger partial charge in [-0.15, -0.1) is 0 Å². The first kappa shape index (κ1) is 17.0. The van der Waals surface area contributed by atoms with Gasteiger partial charge in [-0.2, -0.15) is 0 Å². The molecule has 116 valence electrons. The molecular formula is C15H21NO5. The van der Waals surface area contributed by atoms with Gasteiger partial charge < -0.3 is 19.9 Å². The maximum atomic E-state index is 11.9. The summed E-state index contributed by atoms with van der Waals surface area (Å²) >= 11 is 0. The molecule has 0 aliphatic carbocycles. The molecule has 21 heavy (non-hydrogen) atoms. The lowest BCUT2D eigenvalue weighted by molar-refractivity contribution is -0.146. The van der Waals surface area contributed by atoms with Crippen molar-refractivity contribution in [2.75, 3.05) is 26.9 Å². The predicted octanol–water partition coefficient (Wildman–Crippen LogP) is 1.55. The van der Waals surface area contributed by atoms with Gasteiger partial charge >= 0.3 is 5.97 Å². The Morgan fingerprint density at radius 2 is 1.81 bits per heavy atom. The zero-order valence-corrected chi connectivity index (χ0v) is 12.5. The van der Waals surface area contributed by atoms with E-state index in [-0.39, 0.29) is 12.5 Å². The smallest absolute Gasteiger partial charge is 0.310 e. The Kier molecular flexibility index (Phi) is 6.17. The lowest BCUT2D eigenvalue weighted by atomic mass is 9.94. The lowest BCUT2D eigenvalue weighted by Crippen LogP contribution is -2.38. The van der Waals surface area contributed by atoms with Gasteiger partial charge in [-0.05, 0) is 38.1 Å². The number of hydrogen-bond donors (Lipinski definition) is 2. The van der Waals surface area contributed by atoms with Crippen molar-refractivity contribution in [2.24, 2.45) is 5.41 Å². The van der Waals surface area contributed by atoms with Gasteiger partial charge in [-0.25, -0.2) is 0 Å². The van der Waals surface area contributed by atoms with Gasteiger partial charge in [0.25, 0.3) is 5.91 Å². The number of hydrogen-bond acceptors (Lipinski definition) is 4. The number of nitrogens with one attached hydrogen (secondary N) is 1. The van der Waals surface area contributed by atoms with Crippen molar-refractivity contribution in [1.82, 2.24) is 5.32 Å². The first-order valence-corrected chi connectivity index (χ1v) is 6.60. The third kappa shape index (κ3) is 5.43. The van der Waals surface area contributed by atoms with Crippen LogP contribution in [0.1, 0.15) is 24.2 Å². The van der Waals surface area contributed by atoms with Crippen molar-refractivity contribution < 1.29 is 24.2 Å². The molecule has 0 aliphatic heterocycles. The number of carboxylic acids is 1. The number of carboxylic acid groups (broad SMARTS) is 1. The molecule has 1 aromatic rings. The molecule has 6 heteroatoms. The van der Waals surface area contributed by atoms with E-state index >= 15 is 0 Å². The van der Waals surface area contributed by atoms with Crippen LogP contribution >= 0.6 is 0 Å². The highest BCUT2D eigenvalue weighted by atomic mass is 16.5. The number of benzene rings is 1. The molecular weight excluding hydrogens is 274 g/mol. The molecule has 0 aliphatic rings. The van der Waals surface area contributed by atoms with Crippen molar-refractivity contribution >= 4 is 11.9 Å². The molecule has 0 radical (unpaired) electrons. The minimum atomic E-state index is -1.00. The number of amides is 1. The fourth-order valence-corrected chi connectivity index (χ4v) is 1.42. The quantitative estimate of drug-likeness (QED) is 0.711. The molecule has 6 nitrogen and oxygen atoms in total. The summed E-state index contributed by atoms with van der Waals surface area (Å²) in [5.41, 5.74) is -0.547. The lowest BCUT2D eigenvalue weighted by Gasteiger charge is -2.19. The summed E-state index contributed by atoms with van der Waals surface area (Å²) in [5.74, 6) is -0.619. The molecule has 0 aromatic heterocycles. The second kappa shape index (κ2) is 7.64. The van der Waals surface area contributed by atoms with E-state index in [4.69, 9.17) is 14.6 Å². The van der Waals surface area contributed by atoms with Crippen LogP contribution in [0.25, 0.3) is 0 Å².